The van der Waals surface area contributed by atoms with E-state index < -0.39 is 54.5 Å². The van der Waals surface area contributed by atoms with Crippen LogP contribution in [0.4, 0.5) is 19.2 Å². The summed E-state index contributed by atoms with van der Waals surface area (Å²) in [5.41, 5.74) is 18.3. The molecule has 3 aromatic heterocycles. The molecule has 9 N–H and O–H groups in total. The number of alkyl carbamates (subject to hydrolysis) is 4. The normalized spacial score (nSPS) is 18.8. The molecule has 8 atom stereocenters. The van der Waals surface area contributed by atoms with E-state index in [9.17, 15) is 38.4 Å². The lowest BCUT2D eigenvalue weighted by atomic mass is 9.86. The molecule has 0 unspecified atom stereocenters. The van der Waals surface area contributed by atoms with Gasteiger partial charge >= 0.3 is 30.3 Å². The Bertz CT molecular complexity index is 5500. The van der Waals surface area contributed by atoms with E-state index in [1.165, 1.54) is 46.1 Å². The molecular formula is C91H99N15O17. The molecule has 7 amide bonds. The van der Waals surface area contributed by atoms with Gasteiger partial charge in [-0.15, -0.1) is 0 Å². The van der Waals surface area contributed by atoms with E-state index in [0.717, 1.165) is 171 Å². The first-order valence-electron chi connectivity index (χ1n) is 41.6. The largest absolute Gasteiger partial charge is 0.488 e. The number of hydrogen-bond acceptors (Lipinski definition) is 21. The molecule has 0 bridgehead atoms. The third-order valence-corrected chi connectivity index (χ3v) is 24.1. The molecule has 4 fully saturated rings. The first-order chi connectivity index (χ1) is 59.6. The van der Waals surface area contributed by atoms with Gasteiger partial charge in [0.05, 0.1) is 82.2 Å². The lowest BCUT2D eigenvalue weighted by Gasteiger charge is -2.30. The first-order valence-corrected chi connectivity index (χ1v) is 41.6. The highest BCUT2D eigenvalue weighted by molar-refractivity contribution is 6.02. The van der Waals surface area contributed by atoms with Gasteiger partial charge in [0.25, 0.3) is 5.91 Å². The minimum Gasteiger partial charge on any atom is -0.488 e. The highest BCUT2D eigenvalue weighted by Gasteiger charge is 2.43. The van der Waals surface area contributed by atoms with E-state index >= 15 is 0 Å². The summed E-state index contributed by atoms with van der Waals surface area (Å²) in [6.45, 7) is 12.0. The minimum atomic E-state index is -1.13. The Morgan fingerprint density at radius 2 is 0.805 bits per heavy atom. The fraction of sp³-hybridized carbons (Fsp3) is 0.385. The number of nitrogens with zero attached hydrogens (tertiary/aromatic N) is 7. The van der Waals surface area contributed by atoms with Crippen LogP contribution in [-0.4, -0.2) is 176 Å². The first kappa shape index (κ1) is 83.1. The number of hydrogen-bond donors (Lipinski definition) is 9. The van der Waals surface area contributed by atoms with Crippen LogP contribution in [0.15, 0.2) is 139 Å². The summed E-state index contributed by atoms with van der Waals surface area (Å²) in [7, 11) is 5.04. The number of allylic oxidation sites excluding steroid dienone is 1. The van der Waals surface area contributed by atoms with Crippen molar-refractivity contribution in [3.8, 4) is 79.0 Å². The number of aromatic nitrogens is 6. The Morgan fingerprint density at radius 1 is 0.447 bits per heavy atom. The Balaban J connectivity index is 0.000000159. The number of aliphatic carboxylic acids is 1. The molecular weight excluding hydrogens is 1580 g/mol. The Hall–Kier alpha value is -13.5. The molecule has 6 aromatic carbocycles. The van der Waals surface area contributed by atoms with Gasteiger partial charge in [-0.1, -0.05) is 88.4 Å². The van der Waals surface area contributed by atoms with Crippen LogP contribution >= 0.6 is 0 Å². The third-order valence-electron chi connectivity index (χ3n) is 24.1. The van der Waals surface area contributed by atoms with Crippen LogP contribution in [0.25, 0.3) is 61.6 Å². The molecule has 0 aliphatic carbocycles. The second-order valence-corrected chi connectivity index (χ2v) is 32.4. The topological polar surface area (TPSA) is 399 Å². The van der Waals surface area contributed by atoms with Crippen LogP contribution in [0.2, 0.25) is 0 Å². The molecule has 18 rings (SSSR count). The summed E-state index contributed by atoms with van der Waals surface area (Å²) in [4.78, 5) is 134. The molecule has 9 aliphatic heterocycles. The average molecular weight is 1670 g/mol. The highest BCUT2D eigenvalue weighted by atomic mass is 16.6. The van der Waals surface area contributed by atoms with Crippen molar-refractivity contribution in [1.82, 2.24) is 71.2 Å². The van der Waals surface area contributed by atoms with Crippen molar-refractivity contribution >= 4 is 59.3 Å². The Labute approximate surface area is 709 Å². The van der Waals surface area contributed by atoms with Gasteiger partial charge in [-0.05, 0) is 141 Å². The number of rotatable bonds is 20. The number of carbonyl (C=O) groups is 8. The summed E-state index contributed by atoms with van der Waals surface area (Å²) in [5.74, 6) is 3.44. The van der Waals surface area contributed by atoms with Crippen LogP contribution in [0.3, 0.4) is 0 Å². The number of carboxylic acids is 1. The molecule has 9 aliphatic rings. The van der Waals surface area contributed by atoms with Crippen LogP contribution in [0, 0.1) is 11.8 Å². The number of aliphatic imine (C=N–C) groups is 1. The summed E-state index contributed by atoms with van der Waals surface area (Å²) in [6.07, 6.45) is 12.7. The third kappa shape index (κ3) is 17.2. The molecule has 0 saturated carbocycles. The molecule has 32 heteroatoms. The number of carbonyl (C=O) groups excluding carboxylic acids is 7. The quantitative estimate of drug-likeness (QED) is 0.0320. The van der Waals surface area contributed by atoms with Gasteiger partial charge in [-0.25, -0.2) is 38.9 Å². The minimum absolute atomic E-state index is 0.0947. The Kier molecular flexibility index (Phi) is 24.4. The van der Waals surface area contributed by atoms with E-state index in [0.29, 0.717) is 74.9 Å². The standard InChI is InChI=1S/C45H48N8O8.C36H40N6O5.C10H11NO4/c1-24(2)38(50-44(56)58-3)42(54)52-14-8-12-32(52)40-46-20-30(48-40)26-16-28-22-61-35-19-27(17-29-23-60-34(18-26)36(28)37(29)35)31-21-47-41(49-31)33-13-9-15-53(33)43(55)39(51-45(57)59-4)25-10-6-5-7-11-25;1-19(2)33(41-36(44)45-3)35(43)42-9-5-7-28(42)34-39-16-27(40-34)21-11-24-18-46-29-13-20(10-23-17-47-30(14-21)32(24)31(23)29)22-12-26(38-15-22)25-6-4-8-37-25;1-15-10(14)11-8(9(12)13)7-5-3-2-4-6-7/h5-7,10-11,16-21,24,32-33,38-39H,8-9,12-15,22-23H2,1-4H3,(H,46,48)(H,47,49)(H,50,56)(H,51,57);10-11,13-16,19,25,28,33,37H,4-9,12,17-18H2,1-3H3,(H,39,40)(H,41,44);2-6,8H,1H3,(H,11,14)(H,12,13)/t32-,33-,38-,39+;25-,28-,33-;8-/m001/s1. The number of imidazole rings is 3. The van der Waals surface area contributed by atoms with E-state index in [1.54, 1.807) is 52.5 Å². The van der Waals surface area contributed by atoms with Crippen molar-refractivity contribution in [3.63, 3.8) is 0 Å². The van der Waals surface area contributed by atoms with Gasteiger partial charge in [0.15, 0.2) is 6.04 Å². The van der Waals surface area contributed by atoms with E-state index in [1.807, 2.05) is 87.5 Å². The number of carboxylic acid groups (broad SMARTS) is 1. The number of methoxy groups -OCH3 is 4. The zero-order valence-corrected chi connectivity index (χ0v) is 69.6. The zero-order chi connectivity index (χ0) is 85.9. The van der Waals surface area contributed by atoms with Crippen molar-refractivity contribution in [3.05, 3.63) is 190 Å². The number of nitrogens with one attached hydrogen (secondary N) is 8. The van der Waals surface area contributed by atoms with Crippen LogP contribution in [-0.2, 0) is 64.6 Å². The number of H-pyrrole nitrogens is 3. The fourth-order valence-electron chi connectivity index (χ4n) is 17.9. The molecule has 0 spiro atoms. The van der Waals surface area contributed by atoms with Gasteiger partial charge < -0.3 is 99.2 Å². The average Bonchev–Trinajstić information content (AvgIpc) is 1.08. The number of amides is 7. The number of aromatic amines is 3. The molecule has 4 saturated heterocycles. The summed E-state index contributed by atoms with van der Waals surface area (Å²) in [5, 5.41) is 22.8. The molecule has 123 heavy (non-hydrogen) atoms. The zero-order valence-electron chi connectivity index (χ0n) is 69.6. The molecule has 32 nitrogen and oxygen atoms in total. The van der Waals surface area contributed by atoms with Gasteiger partial charge in [-0.2, -0.15) is 0 Å². The van der Waals surface area contributed by atoms with Crippen LogP contribution in [0.1, 0.15) is 172 Å². The van der Waals surface area contributed by atoms with Gasteiger partial charge in [0.1, 0.15) is 85.0 Å². The van der Waals surface area contributed by atoms with E-state index in [2.05, 4.69) is 82.7 Å². The van der Waals surface area contributed by atoms with Crippen molar-refractivity contribution in [2.45, 2.75) is 160 Å². The van der Waals surface area contributed by atoms with Gasteiger partial charge in [0.2, 0.25) is 11.8 Å². The van der Waals surface area contributed by atoms with E-state index in [-0.39, 0.29) is 47.7 Å². The maximum Gasteiger partial charge on any atom is 0.407 e. The summed E-state index contributed by atoms with van der Waals surface area (Å²) < 4.78 is 44.4. The number of ether oxygens (including phenoxy) is 8. The monoisotopic (exact) mass is 1670 g/mol. The predicted octanol–water partition coefficient (Wildman–Crippen LogP) is 13.4. The SMILES string of the molecule is COC(=O)N[C@@H](C(=O)O)c1ccccc1.COC(=O)N[C@H](C(=O)N1CCC[C@H]1c1ncc(-c2cc3c4c(c2)OCc2cc(-c5cnc([C@@H]6CCCN6C(=O)[C@H](NC(=O)OC)c6ccccc6)[nH]5)cc(c2-4)OC3)[nH]1)C(C)C.COC(=O)N[C@H](C(=O)N1CCC[C@H]1c1ncc(-c2cc3c4c(c2)OCc2cc(C5=CN=C([C@@H]6CCCN6)C5)cc(c2-4)OC3)[nH]1)C(C)C. The predicted molar refractivity (Wildman–Crippen MR) is 451 cm³/mol. The van der Waals surface area contributed by atoms with Gasteiger partial charge in [-0.3, -0.25) is 19.4 Å². The van der Waals surface area contributed by atoms with Gasteiger partial charge in [0, 0.05) is 105 Å². The fourth-order valence-corrected chi connectivity index (χ4v) is 17.9. The second kappa shape index (κ2) is 36.0. The summed E-state index contributed by atoms with van der Waals surface area (Å²) in [6, 6.07) is 30.6. The van der Waals surface area contributed by atoms with E-state index in [4.69, 9.17) is 58.2 Å². The molecule has 640 valence electrons. The molecule has 9 aromatic rings. The van der Waals surface area contributed by atoms with Crippen molar-refractivity contribution in [1.29, 1.82) is 0 Å². The van der Waals surface area contributed by atoms with Crippen LogP contribution in [0.5, 0.6) is 23.0 Å². The lowest BCUT2D eigenvalue weighted by Crippen LogP contribution is -2.51. The van der Waals surface area contributed by atoms with Crippen molar-refractivity contribution in [2.75, 3.05) is 54.6 Å². The van der Waals surface area contributed by atoms with Crippen molar-refractivity contribution in [2.24, 2.45) is 16.8 Å². The maximum atomic E-state index is 14.0. The Morgan fingerprint density at radius 3 is 1.17 bits per heavy atom. The van der Waals surface area contributed by atoms with Crippen molar-refractivity contribution < 1.29 is 81.4 Å². The number of likely N-dealkylation sites (tertiary alicyclic amines) is 3. The smallest absolute Gasteiger partial charge is 0.407 e. The maximum absolute atomic E-state index is 14.0. The molecule has 12 heterocycles. The molecule has 0 radical (unpaired) electrons. The highest BCUT2D eigenvalue weighted by Crippen LogP contribution is 2.53. The van der Waals surface area contributed by atoms with Crippen LogP contribution < -0.4 is 45.5 Å². The second-order valence-electron chi connectivity index (χ2n) is 32.4. The summed E-state index contributed by atoms with van der Waals surface area (Å²) >= 11 is 0. The lowest BCUT2D eigenvalue weighted by molar-refractivity contribution is -0.139. The number of benzene rings is 6.